The SMILES string of the molecule is CC(Cc1ccc(NC(=O)c2nn(-c3ccccc3)c3c2CCC3)cc1)C(=O)O. The van der Waals surface area contributed by atoms with Crippen LogP contribution in [0.25, 0.3) is 5.69 Å². The first kappa shape index (κ1) is 18.9. The lowest BCUT2D eigenvalue weighted by Gasteiger charge is -2.08. The number of rotatable bonds is 6. The topological polar surface area (TPSA) is 84.2 Å². The third-order valence-electron chi connectivity index (χ3n) is 5.32. The lowest BCUT2D eigenvalue weighted by atomic mass is 10.0. The molecule has 29 heavy (non-hydrogen) atoms. The van der Waals surface area contributed by atoms with Gasteiger partial charge in [0, 0.05) is 16.9 Å². The number of carboxylic acid groups (broad SMARTS) is 1. The summed E-state index contributed by atoms with van der Waals surface area (Å²) in [6.07, 6.45) is 3.26. The number of amides is 1. The van der Waals surface area contributed by atoms with Crippen LogP contribution in [0.4, 0.5) is 5.69 Å². The van der Waals surface area contributed by atoms with E-state index in [0.717, 1.165) is 41.8 Å². The van der Waals surface area contributed by atoms with Gasteiger partial charge in [-0.2, -0.15) is 5.10 Å². The van der Waals surface area contributed by atoms with Gasteiger partial charge in [0.1, 0.15) is 0 Å². The molecule has 1 aliphatic carbocycles. The summed E-state index contributed by atoms with van der Waals surface area (Å²) in [6.45, 7) is 1.68. The highest BCUT2D eigenvalue weighted by molar-refractivity contribution is 6.04. The predicted molar refractivity (Wildman–Crippen MR) is 110 cm³/mol. The minimum Gasteiger partial charge on any atom is -0.481 e. The van der Waals surface area contributed by atoms with E-state index in [2.05, 4.69) is 10.4 Å². The summed E-state index contributed by atoms with van der Waals surface area (Å²) in [7, 11) is 0. The molecule has 1 amide bonds. The van der Waals surface area contributed by atoms with Crippen molar-refractivity contribution >= 4 is 17.6 Å². The highest BCUT2D eigenvalue weighted by atomic mass is 16.4. The zero-order valence-corrected chi connectivity index (χ0v) is 16.3. The number of aromatic nitrogens is 2. The van der Waals surface area contributed by atoms with Gasteiger partial charge < -0.3 is 10.4 Å². The molecule has 0 fully saturated rings. The lowest BCUT2D eigenvalue weighted by Crippen LogP contribution is -2.15. The Hall–Kier alpha value is -3.41. The van der Waals surface area contributed by atoms with Gasteiger partial charge in [-0.3, -0.25) is 9.59 Å². The number of hydrogen-bond donors (Lipinski definition) is 2. The number of carbonyl (C=O) groups excluding carboxylic acids is 1. The molecule has 0 radical (unpaired) electrons. The average molecular weight is 389 g/mol. The molecule has 0 saturated carbocycles. The highest BCUT2D eigenvalue weighted by Crippen LogP contribution is 2.28. The van der Waals surface area contributed by atoms with Gasteiger partial charge in [-0.05, 0) is 55.5 Å². The minimum atomic E-state index is -0.815. The van der Waals surface area contributed by atoms with E-state index < -0.39 is 11.9 Å². The van der Waals surface area contributed by atoms with Crippen LogP contribution in [-0.2, 0) is 24.1 Å². The van der Waals surface area contributed by atoms with Crippen LogP contribution in [0.1, 0.15) is 40.7 Å². The summed E-state index contributed by atoms with van der Waals surface area (Å²) >= 11 is 0. The molecule has 6 heteroatoms. The zero-order chi connectivity index (χ0) is 20.4. The summed E-state index contributed by atoms with van der Waals surface area (Å²) in [5, 5.41) is 16.6. The van der Waals surface area contributed by atoms with Gasteiger partial charge in [0.25, 0.3) is 5.91 Å². The van der Waals surface area contributed by atoms with E-state index >= 15 is 0 Å². The van der Waals surface area contributed by atoms with Gasteiger partial charge in [0.05, 0.1) is 11.6 Å². The third kappa shape index (κ3) is 3.92. The Morgan fingerprint density at radius 2 is 1.83 bits per heavy atom. The van der Waals surface area contributed by atoms with Crippen LogP contribution in [0, 0.1) is 5.92 Å². The maximum Gasteiger partial charge on any atom is 0.306 e. The van der Waals surface area contributed by atoms with Crippen molar-refractivity contribution in [2.75, 3.05) is 5.32 Å². The Bertz CT molecular complexity index is 1040. The second kappa shape index (κ2) is 7.91. The van der Waals surface area contributed by atoms with E-state index in [1.807, 2.05) is 47.1 Å². The maximum absolute atomic E-state index is 12.9. The molecule has 3 aromatic rings. The summed E-state index contributed by atoms with van der Waals surface area (Å²) in [5.41, 5.74) is 5.17. The summed E-state index contributed by atoms with van der Waals surface area (Å²) in [4.78, 5) is 23.9. The summed E-state index contributed by atoms with van der Waals surface area (Å²) in [6, 6.07) is 17.2. The van der Waals surface area contributed by atoms with Crippen molar-refractivity contribution in [3.8, 4) is 5.69 Å². The molecule has 2 aromatic carbocycles. The van der Waals surface area contributed by atoms with Gasteiger partial charge >= 0.3 is 5.97 Å². The van der Waals surface area contributed by atoms with E-state index in [-0.39, 0.29) is 5.91 Å². The van der Waals surface area contributed by atoms with E-state index in [1.54, 1.807) is 19.1 Å². The monoisotopic (exact) mass is 389 g/mol. The number of benzene rings is 2. The standard InChI is InChI=1S/C23H23N3O3/c1-15(23(28)29)14-16-10-12-17(13-11-16)24-22(27)21-19-8-5-9-20(19)26(25-21)18-6-3-2-4-7-18/h2-4,6-7,10-13,15H,5,8-9,14H2,1H3,(H,24,27)(H,28,29). The molecule has 1 heterocycles. The summed E-state index contributed by atoms with van der Waals surface area (Å²) in [5.74, 6) is -1.48. The number of nitrogens with one attached hydrogen (secondary N) is 1. The number of carbonyl (C=O) groups is 2. The quantitative estimate of drug-likeness (QED) is 0.670. The Morgan fingerprint density at radius 1 is 1.10 bits per heavy atom. The van der Waals surface area contributed by atoms with Crippen LogP contribution in [0.15, 0.2) is 54.6 Å². The Balaban J connectivity index is 1.53. The second-order valence-electron chi connectivity index (χ2n) is 7.47. The molecule has 0 bridgehead atoms. The van der Waals surface area contributed by atoms with Crippen molar-refractivity contribution in [3.63, 3.8) is 0 Å². The first-order valence-electron chi connectivity index (χ1n) is 9.82. The lowest BCUT2D eigenvalue weighted by molar-refractivity contribution is -0.141. The minimum absolute atomic E-state index is 0.218. The van der Waals surface area contributed by atoms with Gasteiger partial charge in [0.15, 0.2) is 5.69 Å². The van der Waals surface area contributed by atoms with Gasteiger partial charge in [0.2, 0.25) is 0 Å². The normalized spacial score (nSPS) is 13.7. The maximum atomic E-state index is 12.9. The molecule has 1 aromatic heterocycles. The Kier molecular flexibility index (Phi) is 5.16. The Morgan fingerprint density at radius 3 is 2.52 bits per heavy atom. The highest BCUT2D eigenvalue weighted by Gasteiger charge is 2.27. The number of para-hydroxylation sites is 1. The van der Waals surface area contributed by atoms with Crippen molar-refractivity contribution in [3.05, 3.63) is 77.1 Å². The molecule has 0 spiro atoms. The van der Waals surface area contributed by atoms with Crippen LogP contribution in [0.5, 0.6) is 0 Å². The van der Waals surface area contributed by atoms with Crippen molar-refractivity contribution in [1.29, 1.82) is 0 Å². The fraction of sp³-hybridized carbons (Fsp3) is 0.261. The van der Waals surface area contributed by atoms with Crippen molar-refractivity contribution in [1.82, 2.24) is 9.78 Å². The van der Waals surface area contributed by atoms with E-state index in [0.29, 0.717) is 17.8 Å². The number of fused-ring (bicyclic) bond motifs is 1. The fourth-order valence-corrected chi connectivity index (χ4v) is 3.76. The third-order valence-corrected chi connectivity index (χ3v) is 5.32. The van der Waals surface area contributed by atoms with E-state index in [4.69, 9.17) is 5.11 Å². The number of anilines is 1. The van der Waals surface area contributed by atoms with Gasteiger partial charge in [-0.15, -0.1) is 0 Å². The fourth-order valence-electron chi connectivity index (χ4n) is 3.76. The van der Waals surface area contributed by atoms with Crippen molar-refractivity contribution < 1.29 is 14.7 Å². The van der Waals surface area contributed by atoms with Crippen LogP contribution in [-0.4, -0.2) is 26.8 Å². The second-order valence-corrected chi connectivity index (χ2v) is 7.47. The van der Waals surface area contributed by atoms with Crippen LogP contribution < -0.4 is 5.32 Å². The largest absolute Gasteiger partial charge is 0.481 e. The molecule has 1 aliphatic rings. The average Bonchev–Trinajstić information content (AvgIpc) is 3.32. The first-order chi connectivity index (χ1) is 14.0. The molecule has 1 unspecified atom stereocenters. The van der Waals surface area contributed by atoms with Crippen LogP contribution >= 0.6 is 0 Å². The number of nitrogens with zero attached hydrogens (tertiary/aromatic N) is 2. The molecule has 0 aliphatic heterocycles. The molecule has 4 rings (SSSR count). The molecule has 2 N–H and O–H groups in total. The summed E-state index contributed by atoms with van der Waals surface area (Å²) < 4.78 is 1.88. The molecular weight excluding hydrogens is 366 g/mol. The van der Waals surface area contributed by atoms with Gasteiger partial charge in [-0.1, -0.05) is 37.3 Å². The number of aliphatic carboxylic acids is 1. The zero-order valence-electron chi connectivity index (χ0n) is 16.3. The molecule has 1 atom stereocenters. The van der Waals surface area contributed by atoms with Gasteiger partial charge in [-0.25, -0.2) is 4.68 Å². The number of carboxylic acids is 1. The number of hydrogen-bond acceptors (Lipinski definition) is 3. The van der Waals surface area contributed by atoms with Crippen LogP contribution in [0.3, 0.4) is 0 Å². The van der Waals surface area contributed by atoms with E-state index in [9.17, 15) is 9.59 Å². The van der Waals surface area contributed by atoms with Crippen LogP contribution in [0.2, 0.25) is 0 Å². The van der Waals surface area contributed by atoms with E-state index in [1.165, 1.54) is 0 Å². The Labute approximate surface area is 169 Å². The molecule has 148 valence electrons. The molecule has 0 saturated heterocycles. The van der Waals surface area contributed by atoms with Crippen molar-refractivity contribution in [2.24, 2.45) is 5.92 Å². The predicted octanol–water partition coefficient (Wildman–Crippen LogP) is 3.88. The van der Waals surface area contributed by atoms with Crippen molar-refractivity contribution in [2.45, 2.75) is 32.6 Å². The molecule has 6 nitrogen and oxygen atoms in total. The smallest absolute Gasteiger partial charge is 0.306 e. The first-order valence-corrected chi connectivity index (χ1v) is 9.82. The molecular formula is C23H23N3O3.